The standard InChI is InChI=1S/C15H16O2/c1-3-17-15(16)14-10-13(9-11(14)2)12-7-5-4-6-8-12/h4-10,14H,3H2,1-2H3. The molecule has 2 heteroatoms. The predicted molar refractivity (Wildman–Crippen MR) is 68.3 cm³/mol. The van der Waals surface area contributed by atoms with Crippen LogP contribution < -0.4 is 0 Å². The molecule has 2 rings (SSSR count). The van der Waals surface area contributed by atoms with Crippen molar-refractivity contribution in [3.8, 4) is 0 Å². The fraction of sp³-hybridized carbons (Fsp3) is 0.267. The number of hydrogen-bond acceptors (Lipinski definition) is 2. The minimum absolute atomic E-state index is 0.160. The van der Waals surface area contributed by atoms with Crippen molar-refractivity contribution in [2.24, 2.45) is 5.92 Å². The van der Waals surface area contributed by atoms with Crippen molar-refractivity contribution in [2.75, 3.05) is 6.61 Å². The van der Waals surface area contributed by atoms with Gasteiger partial charge in [-0.2, -0.15) is 0 Å². The number of esters is 1. The van der Waals surface area contributed by atoms with Crippen LogP contribution in [0.3, 0.4) is 0 Å². The molecule has 1 aromatic carbocycles. The second kappa shape index (κ2) is 5.00. The van der Waals surface area contributed by atoms with Crippen molar-refractivity contribution in [3.05, 3.63) is 53.6 Å². The fourth-order valence-electron chi connectivity index (χ4n) is 1.99. The fourth-order valence-corrected chi connectivity index (χ4v) is 1.99. The molecule has 17 heavy (non-hydrogen) atoms. The molecule has 1 aromatic rings. The van der Waals surface area contributed by atoms with Crippen LogP contribution >= 0.6 is 0 Å². The molecule has 1 aliphatic rings. The maximum absolute atomic E-state index is 11.7. The van der Waals surface area contributed by atoms with Gasteiger partial charge in [0.15, 0.2) is 0 Å². The smallest absolute Gasteiger partial charge is 0.316 e. The van der Waals surface area contributed by atoms with Crippen LogP contribution in [0.4, 0.5) is 0 Å². The Bertz CT molecular complexity index is 469. The Balaban J connectivity index is 2.23. The molecule has 1 aliphatic carbocycles. The van der Waals surface area contributed by atoms with E-state index in [-0.39, 0.29) is 11.9 Å². The van der Waals surface area contributed by atoms with Gasteiger partial charge in [-0.05, 0) is 25.0 Å². The highest BCUT2D eigenvalue weighted by Gasteiger charge is 2.24. The van der Waals surface area contributed by atoms with Gasteiger partial charge >= 0.3 is 5.97 Å². The summed E-state index contributed by atoms with van der Waals surface area (Å²) in [5.74, 6) is -0.377. The monoisotopic (exact) mass is 228 g/mol. The first-order valence-electron chi connectivity index (χ1n) is 5.84. The summed E-state index contributed by atoms with van der Waals surface area (Å²) in [7, 11) is 0. The van der Waals surface area contributed by atoms with Crippen LogP contribution in [-0.4, -0.2) is 12.6 Å². The third kappa shape index (κ3) is 2.47. The van der Waals surface area contributed by atoms with Crippen molar-refractivity contribution in [3.63, 3.8) is 0 Å². The molecule has 0 radical (unpaired) electrons. The lowest BCUT2D eigenvalue weighted by Crippen LogP contribution is -2.15. The van der Waals surface area contributed by atoms with E-state index in [1.54, 1.807) is 0 Å². The Kier molecular flexibility index (Phi) is 3.43. The van der Waals surface area contributed by atoms with Crippen molar-refractivity contribution in [2.45, 2.75) is 13.8 Å². The summed E-state index contributed by atoms with van der Waals surface area (Å²) >= 11 is 0. The molecule has 88 valence electrons. The van der Waals surface area contributed by atoms with E-state index in [1.807, 2.05) is 50.3 Å². The summed E-state index contributed by atoms with van der Waals surface area (Å²) in [4.78, 5) is 11.7. The zero-order valence-electron chi connectivity index (χ0n) is 10.1. The minimum Gasteiger partial charge on any atom is -0.465 e. The van der Waals surface area contributed by atoms with Gasteiger partial charge in [0, 0.05) is 0 Å². The molecular formula is C15H16O2. The Hall–Kier alpha value is -1.83. The van der Waals surface area contributed by atoms with Gasteiger partial charge < -0.3 is 4.74 Å². The summed E-state index contributed by atoms with van der Waals surface area (Å²) in [5, 5.41) is 0. The first kappa shape index (κ1) is 11.6. The molecule has 0 spiro atoms. The summed E-state index contributed by atoms with van der Waals surface area (Å²) in [6.45, 7) is 4.22. The largest absolute Gasteiger partial charge is 0.465 e. The lowest BCUT2D eigenvalue weighted by molar-refractivity contribution is -0.145. The zero-order valence-corrected chi connectivity index (χ0v) is 10.1. The van der Waals surface area contributed by atoms with E-state index < -0.39 is 0 Å². The van der Waals surface area contributed by atoms with Gasteiger partial charge in [0.05, 0.1) is 12.5 Å². The molecule has 0 saturated heterocycles. The Morgan fingerprint density at radius 1 is 1.29 bits per heavy atom. The van der Waals surface area contributed by atoms with Crippen LogP contribution in [-0.2, 0) is 9.53 Å². The van der Waals surface area contributed by atoms with Crippen LogP contribution in [0.5, 0.6) is 0 Å². The highest BCUT2D eigenvalue weighted by Crippen LogP contribution is 2.30. The van der Waals surface area contributed by atoms with Crippen LogP contribution in [0.1, 0.15) is 19.4 Å². The SMILES string of the molecule is CCOC(=O)C1C=C(c2ccccc2)C=C1C. The van der Waals surface area contributed by atoms with Gasteiger partial charge in [0.1, 0.15) is 0 Å². The molecular weight excluding hydrogens is 212 g/mol. The van der Waals surface area contributed by atoms with Gasteiger partial charge in [-0.25, -0.2) is 0 Å². The number of allylic oxidation sites excluding steroid dienone is 2. The number of carbonyl (C=O) groups excluding carboxylic acids is 1. The number of benzene rings is 1. The maximum atomic E-state index is 11.7. The van der Waals surface area contributed by atoms with Crippen molar-refractivity contribution in [1.29, 1.82) is 0 Å². The van der Waals surface area contributed by atoms with Crippen molar-refractivity contribution in [1.82, 2.24) is 0 Å². The number of carbonyl (C=O) groups is 1. The molecule has 0 amide bonds. The third-order valence-corrected chi connectivity index (χ3v) is 2.87. The zero-order chi connectivity index (χ0) is 12.3. The van der Waals surface area contributed by atoms with Crippen LogP contribution in [0.15, 0.2) is 48.1 Å². The average molecular weight is 228 g/mol. The summed E-state index contributed by atoms with van der Waals surface area (Å²) in [6, 6.07) is 10.1. The van der Waals surface area contributed by atoms with Crippen LogP contribution in [0.2, 0.25) is 0 Å². The van der Waals surface area contributed by atoms with Crippen LogP contribution in [0.25, 0.3) is 5.57 Å². The van der Waals surface area contributed by atoms with Crippen LogP contribution in [0, 0.1) is 5.92 Å². The molecule has 0 fully saturated rings. The summed E-state index contributed by atoms with van der Waals surface area (Å²) in [6.07, 6.45) is 4.03. The van der Waals surface area contributed by atoms with Gasteiger partial charge in [-0.3, -0.25) is 4.79 Å². The molecule has 2 nitrogen and oxygen atoms in total. The van der Waals surface area contributed by atoms with E-state index in [2.05, 4.69) is 6.08 Å². The van der Waals surface area contributed by atoms with E-state index in [0.717, 1.165) is 16.7 Å². The molecule has 0 aliphatic heterocycles. The Morgan fingerprint density at radius 2 is 2.00 bits per heavy atom. The summed E-state index contributed by atoms with van der Waals surface area (Å²) in [5.41, 5.74) is 3.28. The van der Waals surface area contributed by atoms with Crippen molar-refractivity contribution < 1.29 is 9.53 Å². The molecule has 1 unspecified atom stereocenters. The average Bonchev–Trinajstić information content (AvgIpc) is 2.73. The van der Waals surface area contributed by atoms with E-state index in [0.29, 0.717) is 6.61 Å². The van der Waals surface area contributed by atoms with E-state index >= 15 is 0 Å². The predicted octanol–water partition coefficient (Wildman–Crippen LogP) is 3.21. The van der Waals surface area contributed by atoms with Gasteiger partial charge in [0.2, 0.25) is 0 Å². The normalized spacial score (nSPS) is 18.6. The lowest BCUT2D eigenvalue weighted by Gasteiger charge is -2.08. The lowest BCUT2D eigenvalue weighted by atomic mass is 10.0. The molecule has 0 aromatic heterocycles. The maximum Gasteiger partial charge on any atom is 0.316 e. The Labute approximate surface area is 102 Å². The van der Waals surface area contributed by atoms with Crippen molar-refractivity contribution >= 4 is 11.5 Å². The highest BCUT2D eigenvalue weighted by molar-refractivity contribution is 5.88. The quantitative estimate of drug-likeness (QED) is 0.742. The van der Waals surface area contributed by atoms with E-state index in [9.17, 15) is 4.79 Å². The molecule has 0 saturated carbocycles. The second-order valence-corrected chi connectivity index (χ2v) is 4.11. The second-order valence-electron chi connectivity index (χ2n) is 4.11. The van der Waals surface area contributed by atoms with Gasteiger partial charge in [-0.1, -0.05) is 48.1 Å². The first-order chi connectivity index (χ1) is 8.22. The Morgan fingerprint density at radius 3 is 2.65 bits per heavy atom. The minimum atomic E-state index is -0.217. The van der Waals surface area contributed by atoms with E-state index in [1.165, 1.54) is 0 Å². The first-order valence-corrected chi connectivity index (χ1v) is 5.84. The molecule has 0 N–H and O–H groups in total. The number of rotatable bonds is 3. The molecule has 0 heterocycles. The molecule has 0 bridgehead atoms. The number of hydrogen-bond donors (Lipinski definition) is 0. The van der Waals surface area contributed by atoms with Gasteiger partial charge in [0.25, 0.3) is 0 Å². The summed E-state index contributed by atoms with van der Waals surface area (Å²) < 4.78 is 5.06. The topological polar surface area (TPSA) is 26.3 Å². The molecule has 1 atom stereocenters. The van der Waals surface area contributed by atoms with Gasteiger partial charge in [-0.15, -0.1) is 0 Å². The highest BCUT2D eigenvalue weighted by atomic mass is 16.5. The third-order valence-electron chi connectivity index (χ3n) is 2.87. The van der Waals surface area contributed by atoms with E-state index in [4.69, 9.17) is 4.74 Å². The number of ether oxygens (including phenoxy) is 1.